The van der Waals surface area contributed by atoms with Crippen molar-refractivity contribution in [3.8, 4) is 6.07 Å². The van der Waals surface area contributed by atoms with Crippen LogP contribution in [0.25, 0.3) is 0 Å². The molecule has 0 aliphatic heterocycles. The van der Waals surface area contributed by atoms with E-state index in [-0.39, 0.29) is 22.8 Å². The van der Waals surface area contributed by atoms with Gasteiger partial charge < -0.3 is 10.3 Å². The summed E-state index contributed by atoms with van der Waals surface area (Å²) in [6.07, 6.45) is 0.480. The van der Waals surface area contributed by atoms with E-state index in [2.05, 4.69) is 15.0 Å². The summed E-state index contributed by atoms with van der Waals surface area (Å²) < 4.78 is 28.2. The minimum atomic E-state index is -3.79. The van der Waals surface area contributed by atoms with Gasteiger partial charge in [0.15, 0.2) is 0 Å². The van der Waals surface area contributed by atoms with E-state index in [9.17, 15) is 23.3 Å². The molecule has 34 heavy (non-hydrogen) atoms. The third kappa shape index (κ3) is 5.35. The van der Waals surface area contributed by atoms with Crippen LogP contribution in [-0.4, -0.2) is 19.3 Å². The predicted octanol–water partition coefficient (Wildman–Crippen LogP) is 3.85. The molecule has 0 fully saturated rings. The van der Waals surface area contributed by atoms with Crippen LogP contribution in [0.3, 0.4) is 0 Å². The molecule has 9 heteroatoms. The highest BCUT2D eigenvalue weighted by Crippen LogP contribution is 2.24. The Bertz CT molecular complexity index is 1430. The summed E-state index contributed by atoms with van der Waals surface area (Å²) in [7, 11) is -3.79. The molecule has 0 bridgehead atoms. The minimum absolute atomic E-state index is 0.0484. The Labute approximate surface area is 198 Å². The van der Waals surface area contributed by atoms with Gasteiger partial charge in [-0.05, 0) is 80.6 Å². The van der Waals surface area contributed by atoms with Crippen molar-refractivity contribution in [2.45, 2.75) is 45.4 Å². The zero-order valence-electron chi connectivity index (χ0n) is 19.4. The van der Waals surface area contributed by atoms with Gasteiger partial charge in [-0.3, -0.25) is 14.3 Å². The van der Waals surface area contributed by atoms with Gasteiger partial charge in [-0.2, -0.15) is 5.26 Å². The first-order valence-corrected chi connectivity index (χ1v) is 12.1. The smallest absolute Gasteiger partial charge is 0.266 e. The number of hydrogen-bond donors (Lipinski definition) is 3. The molecule has 1 heterocycles. The molecule has 0 radical (unpaired) electrons. The SMILES string of the molecule is Cc1cccc(C)c1NS(=O)(=O)c1ccc(NC(=O)CCc2c(C)[nH]c(=O)c(C#N)c2C)cc1. The van der Waals surface area contributed by atoms with E-state index in [4.69, 9.17) is 0 Å². The molecule has 3 N–H and O–H groups in total. The van der Waals surface area contributed by atoms with Crippen LogP contribution in [0.2, 0.25) is 0 Å². The lowest BCUT2D eigenvalue weighted by atomic mass is 9.99. The first kappa shape index (κ1) is 24.7. The maximum atomic E-state index is 12.8. The first-order valence-electron chi connectivity index (χ1n) is 10.6. The van der Waals surface area contributed by atoms with E-state index < -0.39 is 15.6 Å². The van der Waals surface area contributed by atoms with Crippen LogP contribution < -0.4 is 15.6 Å². The molecule has 3 rings (SSSR count). The number of nitrogens with zero attached hydrogens (tertiary/aromatic N) is 1. The summed E-state index contributed by atoms with van der Waals surface area (Å²) in [6.45, 7) is 7.09. The molecule has 176 valence electrons. The lowest BCUT2D eigenvalue weighted by molar-refractivity contribution is -0.116. The number of aryl methyl sites for hydroxylation is 3. The van der Waals surface area contributed by atoms with E-state index in [0.29, 0.717) is 29.1 Å². The van der Waals surface area contributed by atoms with Crippen molar-refractivity contribution in [2.24, 2.45) is 0 Å². The second kappa shape index (κ2) is 9.93. The number of nitrogens with one attached hydrogen (secondary N) is 3. The Hall–Kier alpha value is -3.90. The highest BCUT2D eigenvalue weighted by atomic mass is 32.2. The molecule has 0 unspecified atom stereocenters. The lowest BCUT2D eigenvalue weighted by Crippen LogP contribution is -2.18. The number of rotatable bonds is 7. The topological polar surface area (TPSA) is 132 Å². The zero-order chi connectivity index (χ0) is 25.0. The molecule has 0 aliphatic carbocycles. The molecular weight excluding hydrogens is 452 g/mol. The van der Waals surface area contributed by atoms with Crippen molar-refractivity contribution in [1.29, 1.82) is 5.26 Å². The number of anilines is 2. The molecule has 0 saturated heterocycles. The van der Waals surface area contributed by atoms with Crippen molar-refractivity contribution in [3.05, 3.63) is 86.3 Å². The van der Waals surface area contributed by atoms with Gasteiger partial charge in [-0.15, -0.1) is 0 Å². The van der Waals surface area contributed by atoms with E-state index in [1.807, 2.05) is 38.1 Å². The Morgan fingerprint density at radius 1 is 1.03 bits per heavy atom. The fraction of sp³-hybridized carbons (Fsp3) is 0.240. The maximum absolute atomic E-state index is 12.8. The van der Waals surface area contributed by atoms with Crippen molar-refractivity contribution in [1.82, 2.24) is 4.98 Å². The van der Waals surface area contributed by atoms with Crippen LogP contribution in [0.15, 0.2) is 52.2 Å². The quantitative estimate of drug-likeness (QED) is 0.474. The number of nitriles is 1. The number of para-hydroxylation sites is 1. The van der Waals surface area contributed by atoms with Gasteiger partial charge in [0, 0.05) is 17.8 Å². The lowest BCUT2D eigenvalue weighted by Gasteiger charge is -2.14. The van der Waals surface area contributed by atoms with Gasteiger partial charge in [-0.1, -0.05) is 18.2 Å². The third-order valence-electron chi connectivity index (χ3n) is 5.69. The van der Waals surface area contributed by atoms with Gasteiger partial charge in [0.25, 0.3) is 15.6 Å². The fourth-order valence-corrected chi connectivity index (χ4v) is 4.97. The van der Waals surface area contributed by atoms with Crippen LogP contribution in [0.1, 0.15) is 39.9 Å². The molecule has 0 aliphatic rings. The second-order valence-electron chi connectivity index (χ2n) is 8.11. The third-order valence-corrected chi connectivity index (χ3v) is 7.05. The van der Waals surface area contributed by atoms with Gasteiger partial charge in [0.05, 0.1) is 10.6 Å². The first-order chi connectivity index (χ1) is 16.0. The van der Waals surface area contributed by atoms with Crippen LogP contribution in [0.5, 0.6) is 0 Å². The van der Waals surface area contributed by atoms with Crippen molar-refractivity contribution < 1.29 is 13.2 Å². The average molecular weight is 479 g/mol. The van der Waals surface area contributed by atoms with Crippen LogP contribution in [0.4, 0.5) is 11.4 Å². The number of carbonyl (C=O) groups excluding carboxylic acids is 1. The number of hydrogen-bond acceptors (Lipinski definition) is 5. The highest BCUT2D eigenvalue weighted by molar-refractivity contribution is 7.92. The van der Waals surface area contributed by atoms with Gasteiger partial charge >= 0.3 is 0 Å². The average Bonchev–Trinajstić information content (AvgIpc) is 2.76. The van der Waals surface area contributed by atoms with E-state index in [1.54, 1.807) is 13.8 Å². The monoisotopic (exact) mass is 478 g/mol. The van der Waals surface area contributed by atoms with Crippen LogP contribution in [-0.2, 0) is 21.2 Å². The summed E-state index contributed by atoms with van der Waals surface area (Å²) in [4.78, 5) is 27.0. The predicted molar refractivity (Wildman–Crippen MR) is 131 cm³/mol. The summed E-state index contributed by atoms with van der Waals surface area (Å²) in [5.41, 5.74) is 4.22. The summed E-state index contributed by atoms with van der Waals surface area (Å²) in [5.74, 6) is -0.271. The van der Waals surface area contributed by atoms with Crippen LogP contribution >= 0.6 is 0 Å². The molecule has 0 spiro atoms. The number of sulfonamides is 1. The molecule has 1 amide bonds. The highest BCUT2D eigenvalue weighted by Gasteiger charge is 2.17. The van der Waals surface area contributed by atoms with Crippen molar-refractivity contribution >= 4 is 27.3 Å². The minimum Gasteiger partial charge on any atom is -0.326 e. The van der Waals surface area contributed by atoms with Crippen molar-refractivity contribution in [2.75, 3.05) is 10.0 Å². The Morgan fingerprint density at radius 2 is 1.65 bits per heavy atom. The molecule has 1 aromatic heterocycles. The molecule has 3 aromatic rings. The Balaban J connectivity index is 1.68. The van der Waals surface area contributed by atoms with E-state index >= 15 is 0 Å². The van der Waals surface area contributed by atoms with E-state index in [1.165, 1.54) is 24.3 Å². The number of pyridine rings is 1. The zero-order valence-corrected chi connectivity index (χ0v) is 20.3. The number of aromatic nitrogens is 1. The summed E-state index contributed by atoms with van der Waals surface area (Å²) in [6, 6.07) is 13.4. The molecular formula is C25H26N4O4S. The fourth-order valence-electron chi connectivity index (χ4n) is 3.77. The molecule has 8 nitrogen and oxygen atoms in total. The Morgan fingerprint density at radius 3 is 2.24 bits per heavy atom. The number of H-pyrrole nitrogens is 1. The molecule has 0 atom stereocenters. The van der Waals surface area contributed by atoms with Gasteiger partial charge in [0.2, 0.25) is 5.91 Å². The molecule has 2 aromatic carbocycles. The standard InChI is InChI=1S/C25H26N4O4S/c1-15-6-5-7-16(2)24(15)29-34(32,33)20-10-8-19(9-11-20)28-23(30)13-12-21-17(3)22(14-26)25(31)27-18(21)4/h5-11,29H,12-13H2,1-4H3,(H,27,31)(H,28,30). The number of amides is 1. The number of carbonyl (C=O) groups is 1. The molecule has 0 saturated carbocycles. The van der Waals surface area contributed by atoms with Crippen LogP contribution in [0, 0.1) is 39.0 Å². The Kier molecular flexibility index (Phi) is 7.23. The largest absolute Gasteiger partial charge is 0.326 e. The summed E-state index contributed by atoms with van der Waals surface area (Å²) in [5, 5.41) is 11.9. The maximum Gasteiger partial charge on any atom is 0.266 e. The van der Waals surface area contributed by atoms with Crippen molar-refractivity contribution in [3.63, 3.8) is 0 Å². The van der Waals surface area contributed by atoms with Gasteiger partial charge in [-0.25, -0.2) is 8.42 Å². The van der Waals surface area contributed by atoms with E-state index in [0.717, 1.165) is 16.7 Å². The van der Waals surface area contributed by atoms with Gasteiger partial charge in [0.1, 0.15) is 11.6 Å². The number of benzene rings is 2. The summed E-state index contributed by atoms with van der Waals surface area (Å²) >= 11 is 0. The second-order valence-corrected chi connectivity index (χ2v) is 9.80. The number of aromatic amines is 1. The normalized spacial score (nSPS) is 11.0.